The summed E-state index contributed by atoms with van der Waals surface area (Å²) in [5.74, 6) is 0. The van der Waals surface area contributed by atoms with Gasteiger partial charge in [-0.15, -0.1) is 0 Å². The fraction of sp³-hybridized carbons (Fsp3) is 0.0351. The molecule has 0 heterocycles. The van der Waals surface area contributed by atoms with Crippen molar-refractivity contribution in [1.29, 1.82) is 0 Å². The van der Waals surface area contributed by atoms with E-state index in [-0.39, 0.29) is 6.04 Å². The largest absolute Gasteiger partial charge is 0.280 e. The number of hydrogen-bond acceptors (Lipinski definition) is 1. The van der Waals surface area contributed by atoms with Gasteiger partial charge in [0.15, 0.2) is 0 Å². The predicted molar refractivity (Wildman–Crippen MR) is 244 cm³/mol. The number of aliphatic imine (C=N–C) groups is 1. The highest BCUT2D eigenvalue weighted by atomic mass is 14.8. The molecule has 0 spiro atoms. The van der Waals surface area contributed by atoms with E-state index < -0.39 is 5.41 Å². The molecule has 0 saturated carbocycles. The Morgan fingerprint density at radius 2 is 0.879 bits per heavy atom. The molecule has 0 amide bonds. The molecule has 1 unspecified atom stereocenters. The van der Waals surface area contributed by atoms with Crippen molar-refractivity contribution in [3.63, 3.8) is 0 Å². The van der Waals surface area contributed by atoms with Gasteiger partial charge in [-0.1, -0.05) is 224 Å². The zero-order chi connectivity index (χ0) is 38.5. The lowest BCUT2D eigenvalue weighted by atomic mass is 9.67. The Balaban J connectivity index is 1.15. The molecule has 10 aromatic carbocycles. The van der Waals surface area contributed by atoms with Crippen LogP contribution in [0, 0.1) is 0 Å². The summed E-state index contributed by atoms with van der Waals surface area (Å²) in [5.41, 5.74) is 13.1. The summed E-state index contributed by atoms with van der Waals surface area (Å²) in [6.45, 7) is 0. The molecule has 0 fully saturated rings. The maximum atomic E-state index is 5.46. The molecule has 272 valence electrons. The maximum Gasteiger partial charge on any atom is 0.0999 e. The van der Waals surface area contributed by atoms with Crippen LogP contribution in [0.1, 0.15) is 45.0 Å². The second kappa shape index (κ2) is 14.0. The number of benzene rings is 10. The van der Waals surface area contributed by atoms with Gasteiger partial charge in [0.2, 0.25) is 0 Å². The molecule has 11 rings (SSSR count). The minimum Gasteiger partial charge on any atom is -0.280 e. The lowest BCUT2D eigenvalue weighted by Gasteiger charge is -2.34. The molecule has 0 aromatic heterocycles. The summed E-state index contributed by atoms with van der Waals surface area (Å²) in [6.07, 6.45) is 2.14. The molecular formula is C57H39N. The van der Waals surface area contributed by atoms with E-state index in [1.165, 1.54) is 71.3 Å². The molecule has 1 aliphatic rings. The van der Waals surface area contributed by atoms with Crippen LogP contribution >= 0.6 is 0 Å². The van der Waals surface area contributed by atoms with Crippen molar-refractivity contribution < 1.29 is 0 Å². The van der Waals surface area contributed by atoms with E-state index in [2.05, 4.69) is 231 Å². The average molecular weight is 738 g/mol. The van der Waals surface area contributed by atoms with Crippen molar-refractivity contribution in [2.45, 2.75) is 11.5 Å². The first-order valence-electron chi connectivity index (χ1n) is 20.2. The first kappa shape index (κ1) is 33.9. The average Bonchev–Trinajstić information content (AvgIpc) is 3.61. The smallest absolute Gasteiger partial charge is 0.0999 e. The third kappa shape index (κ3) is 5.28. The highest BCUT2D eigenvalue weighted by Gasteiger charge is 2.46. The van der Waals surface area contributed by atoms with Gasteiger partial charge in [0.05, 0.1) is 11.5 Å². The molecule has 1 heteroatoms. The lowest BCUT2D eigenvalue weighted by molar-refractivity contribution is 0.769. The number of nitrogens with zero attached hydrogens (tertiary/aromatic N) is 1. The van der Waals surface area contributed by atoms with Gasteiger partial charge < -0.3 is 0 Å². The van der Waals surface area contributed by atoms with Gasteiger partial charge >= 0.3 is 0 Å². The molecule has 0 saturated heterocycles. The third-order valence-electron chi connectivity index (χ3n) is 12.3. The molecule has 0 bridgehead atoms. The molecule has 58 heavy (non-hydrogen) atoms. The number of fused-ring (bicyclic) bond motifs is 8. The lowest BCUT2D eigenvalue weighted by Crippen LogP contribution is -2.28. The van der Waals surface area contributed by atoms with Crippen molar-refractivity contribution in [2.24, 2.45) is 4.99 Å². The summed E-state index contributed by atoms with van der Waals surface area (Å²) < 4.78 is 0. The van der Waals surface area contributed by atoms with Crippen molar-refractivity contribution in [3.05, 3.63) is 263 Å². The first-order valence-corrected chi connectivity index (χ1v) is 20.2. The van der Waals surface area contributed by atoms with Crippen LogP contribution in [-0.4, -0.2) is 6.21 Å². The molecule has 0 radical (unpaired) electrons. The summed E-state index contributed by atoms with van der Waals surface area (Å²) in [7, 11) is 0. The molecule has 0 N–H and O–H groups in total. The van der Waals surface area contributed by atoms with E-state index in [1.807, 2.05) is 0 Å². The predicted octanol–water partition coefficient (Wildman–Crippen LogP) is 14.4. The molecule has 0 aliphatic heterocycles. The Bertz CT molecular complexity index is 3110. The van der Waals surface area contributed by atoms with E-state index in [4.69, 9.17) is 4.99 Å². The second-order valence-corrected chi connectivity index (χ2v) is 15.3. The van der Waals surface area contributed by atoms with Crippen LogP contribution in [0.15, 0.2) is 229 Å². The summed E-state index contributed by atoms with van der Waals surface area (Å²) >= 11 is 0. The van der Waals surface area contributed by atoms with Crippen LogP contribution in [0.3, 0.4) is 0 Å². The fourth-order valence-electron chi connectivity index (χ4n) is 9.81. The van der Waals surface area contributed by atoms with Crippen molar-refractivity contribution in [3.8, 4) is 22.3 Å². The van der Waals surface area contributed by atoms with Gasteiger partial charge in [0.1, 0.15) is 0 Å². The minimum atomic E-state index is -0.496. The Kier molecular flexibility index (Phi) is 8.19. The molecule has 1 atom stereocenters. The van der Waals surface area contributed by atoms with Crippen LogP contribution in [0.25, 0.3) is 54.6 Å². The number of hydrogen-bond donors (Lipinski definition) is 0. The highest BCUT2D eigenvalue weighted by molar-refractivity contribution is 6.21. The quantitative estimate of drug-likeness (QED) is 0.114. The van der Waals surface area contributed by atoms with Gasteiger partial charge in [-0.3, -0.25) is 4.99 Å². The SMILES string of the molecule is C(=N\C(c1ccccc1)c1ccccc1)/c1c(-c2ccc(C3(c4ccccc4)c4ccccc4-c4c3ccc3ccccc43)cc2)c2ccccc2c2ccccc12. The van der Waals surface area contributed by atoms with Crippen LogP contribution < -0.4 is 0 Å². The topological polar surface area (TPSA) is 12.4 Å². The van der Waals surface area contributed by atoms with Crippen LogP contribution in [-0.2, 0) is 5.41 Å². The van der Waals surface area contributed by atoms with E-state index in [0.29, 0.717) is 0 Å². The normalized spacial score (nSPS) is 14.7. The third-order valence-corrected chi connectivity index (χ3v) is 12.3. The standard InChI is InChI=1S/C57H39N/c1-4-19-41(20-5-1)56(42-21-6-2-7-22-42)58-38-51-48-28-13-12-26-46(48)47-27-14-15-29-49(47)54(51)40-32-35-44(36-33-40)57(43-23-8-3-9-24-43)52-31-17-16-30-50(52)55-45-25-11-10-18-39(45)34-37-53(55)57/h1-38,56H/b58-38+. The van der Waals surface area contributed by atoms with Gasteiger partial charge in [-0.25, -0.2) is 0 Å². The zero-order valence-electron chi connectivity index (χ0n) is 32.0. The van der Waals surface area contributed by atoms with Crippen LogP contribution in [0.5, 0.6) is 0 Å². The molecule has 10 aromatic rings. The zero-order valence-corrected chi connectivity index (χ0v) is 32.0. The van der Waals surface area contributed by atoms with Gasteiger partial charge in [0, 0.05) is 11.8 Å². The Morgan fingerprint density at radius 3 is 1.57 bits per heavy atom. The highest BCUT2D eigenvalue weighted by Crippen LogP contribution is 2.58. The molecule has 1 aliphatic carbocycles. The Labute approximate surface area is 339 Å². The molecule has 1 nitrogen and oxygen atoms in total. The fourth-order valence-corrected chi connectivity index (χ4v) is 9.81. The van der Waals surface area contributed by atoms with E-state index in [1.54, 1.807) is 0 Å². The van der Waals surface area contributed by atoms with Gasteiger partial charge in [0.25, 0.3) is 0 Å². The van der Waals surface area contributed by atoms with Gasteiger partial charge in [-0.05, 0) is 88.0 Å². The Morgan fingerprint density at radius 1 is 0.362 bits per heavy atom. The van der Waals surface area contributed by atoms with E-state index in [9.17, 15) is 0 Å². The van der Waals surface area contributed by atoms with Crippen molar-refractivity contribution >= 4 is 38.5 Å². The maximum absolute atomic E-state index is 5.46. The Hall–Kier alpha value is -7.35. The summed E-state index contributed by atoms with van der Waals surface area (Å²) in [5, 5.41) is 7.42. The second-order valence-electron chi connectivity index (χ2n) is 15.3. The monoisotopic (exact) mass is 737 g/mol. The minimum absolute atomic E-state index is 0.146. The number of rotatable bonds is 7. The van der Waals surface area contributed by atoms with Crippen molar-refractivity contribution in [1.82, 2.24) is 0 Å². The van der Waals surface area contributed by atoms with Crippen LogP contribution in [0.2, 0.25) is 0 Å². The van der Waals surface area contributed by atoms with Crippen LogP contribution in [0.4, 0.5) is 0 Å². The molecular weight excluding hydrogens is 699 g/mol. The summed E-state index contributed by atoms with van der Waals surface area (Å²) in [6, 6.07) is 81.8. The summed E-state index contributed by atoms with van der Waals surface area (Å²) in [4.78, 5) is 5.46. The van der Waals surface area contributed by atoms with Gasteiger partial charge in [-0.2, -0.15) is 0 Å². The van der Waals surface area contributed by atoms with E-state index >= 15 is 0 Å². The van der Waals surface area contributed by atoms with Crippen molar-refractivity contribution in [2.75, 3.05) is 0 Å². The van der Waals surface area contributed by atoms with E-state index in [0.717, 1.165) is 22.3 Å². The first-order chi connectivity index (χ1) is 28.8.